The van der Waals surface area contributed by atoms with Gasteiger partial charge in [0.25, 0.3) is 0 Å². The molecule has 0 radical (unpaired) electrons. The maximum absolute atomic E-state index is 12.4. The summed E-state index contributed by atoms with van der Waals surface area (Å²) in [6, 6.07) is 11.4. The molecule has 0 spiro atoms. The molecule has 0 amide bonds. The lowest BCUT2D eigenvalue weighted by Crippen LogP contribution is -2.25. The van der Waals surface area contributed by atoms with Crippen molar-refractivity contribution in [2.24, 2.45) is 0 Å². The van der Waals surface area contributed by atoms with Crippen molar-refractivity contribution in [1.29, 1.82) is 0 Å². The lowest BCUT2D eigenvalue weighted by atomic mass is 9.74. The smallest absolute Gasteiger partial charge is 0.395 e. The van der Waals surface area contributed by atoms with Crippen molar-refractivity contribution in [3.8, 4) is 11.5 Å². The first-order valence-electron chi connectivity index (χ1n) is 7.91. The summed E-state index contributed by atoms with van der Waals surface area (Å²) in [6.45, 7) is 4.27. The van der Waals surface area contributed by atoms with Crippen molar-refractivity contribution < 1.29 is 18.5 Å². The molecule has 120 valence electrons. The van der Waals surface area contributed by atoms with Crippen LogP contribution in [0, 0.1) is 0 Å². The minimum atomic E-state index is -4.20. The minimum absolute atomic E-state index is 0.270. The lowest BCUT2D eigenvalue weighted by Gasteiger charge is -2.34. The number of hydrogen-bond acceptors (Lipinski definition) is 3. The van der Waals surface area contributed by atoms with Gasteiger partial charge in [-0.25, -0.2) is 4.57 Å². The third-order valence-electron chi connectivity index (χ3n) is 5.03. The summed E-state index contributed by atoms with van der Waals surface area (Å²) in [7, 11) is -4.20. The highest BCUT2D eigenvalue weighted by Gasteiger charge is 2.45. The van der Waals surface area contributed by atoms with Gasteiger partial charge in [-0.05, 0) is 42.5 Å². The fourth-order valence-corrected chi connectivity index (χ4v) is 4.93. The second-order valence-electron chi connectivity index (χ2n) is 6.42. The largest absolute Gasteiger partial charge is 0.584 e. The number of benzene rings is 2. The Kier molecular flexibility index (Phi) is 3.13. The van der Waals surface area contributed by atoms with Gasteiger partial charge in [0.15, 0.2) is 0 Å². The predicted octanol–water partition coefficient (Wildman–Crippen LogP) is 4.37. The van der Waals surface area contributed by atoms with Crippen molar-refractivity contribution in [3.05, 3.63) is 58.7 Å². The minimum Gasteiger partial charge on any atom is -0.395 e. The van der Waals surface area contributed by atoms with Gasteiger partial charge in [0.1, 0.15) is 11.5 Å². The Labute approximate surface area is 135 Å². The monoisotopic (exact) mass is 330 g/mol. The van der Waals surface area contributed by atoms with Gasteiger partial charge < -0.3 is 9.05 Å². The molecular formula is C18H19O4P. The second kappa shape index (κ2) is 4.86. The van der Waals surface area contributed by atoms with Crippen LogP contribution in [0.3, 0.4) is 0 Å². The lowest BCUT2D eigenvalue weighted by molar-refractivity contribution is 0.281. The molecular weight excluding hydrogens is 311 g/mol. The fraction of sp³-hybridized carbons (Fsp3) is 0.333. The number of phosphoric acid groups is 1. The van der Waals surface area contributed by atoms with Crippen LogP contribution < -0.4 is 9.05 Å². The molecule has 5 heteroatoms. The third-order valence-corrected chi connectivity index (χ3v) is 5.89. The first-order valence-corrected chi connectivity index (χ1v) is 9.41. The van der Waals surface area contributed by atoms with Crippen LogP contribution in [-0.4, -0.2) is 4.89 Å². The molecule has 0 bridgehead atoms. The van der Waals surface area contributed by atoms with E-state index >= 15 is 0 Å². The van der Waals surface area contributed by atoms with Crippen LogP contribution in [0.4, 0.5) is 0 Å². The molecule has 2 aromatic rings. The number of fused-ring (bicyclic) bond motifs is 2. The highest BCUT2D eigenvalue weighted by Crippen LogP contribution is 2.58. The molecule has 0 aromatic heterocycles. The predicted molar refractivity (Wildman–Crippen MR) is 88.1 cm³/mol. The maximum Gasteiger partial charge on any atom is 0.584 e. The molecule has 1 aliphatic heterocycles. The van der Waals surface area contributed by atoms with Crippen molar-refractivity contribution in [3.63, 3.8) is 0 Å². The Balaban J connectivity index is 2.09. The van der Waals surface area contributed by atoms with E-state index in [9.17, 15) is 9.46 Å². The van der Waals surface area contributed by atoms with Crippen LogP contribution in [0.1, 0.15) is 42.5 Å². The summed E-state index contributed by atoms with van der Waals surface area (Å²) in [5, 5.41) is 0. The van der Waals surface area contributed by atoms with Crippen LogP contribution in [0.15, 0.2) is 36.4 Å². The summed E-state index contributed by atoms with van der Waals surface area (Å²) < 4.78 is 23.2. The number of rotatable bonds is 1. The average molecular weight is 330 g/mol. The van der Waals surface area contributed by atoms with E-state index in [2.05, 4.69) is 26.0 Å². The molecule has 2 aromatic carbocycles. The standard InChI is InChI=1S/C18H19O4P/c1-3-12-6-4-8-14-16(12)18(2)11-10-13-7-5-9-15(17(13)18)22-23(19,20)21-14/h4-9H,3,10-11H2,1-2H3,(H,19,20)/t18-/m0/s1. The van der Waals surface area contributed by atoms with E-state index in [4.69, 9.17) is 9.05 Å². The van der Waals surface area contributed by atoms with Gasteiger partial charge in [0.05, 0.1) is 0 Å². The SMILES string of the molecule is CCc1cccc2c1[C@]1(C)CCc3cccc(c31)OP(=O)(O)O2. The second-order valence-corrected chi connectivity index (χ2v) is 7.72. The van der Waals surface area contributed by atoms with Crippen molar-refractivity contribution in [2.45, 2.75) is 38.5 Å². The van der Waals surface area contributed by atoms with E-state index in [0.717, 1.165) is 36.0 Å². The summed E-state index contributed by atoms with van der Waals surface area (Å²) in [6.07, 6.45) is 2.71. The van der Waals surface area contributed by atoms with E-state index in [1.165, 1.54) is 5.56 Å². The average Bonchev–Trinajstić information content (AvgIpc) is 2.84. The van der Waals surface area contributed by atoms with Crippen molar-refractivity contribution in [2.75, 3.05) is 0 Å². The van der Waals surface area contributed by atoms with E-state index in [-0.39, 0.29) is 5.41 Å². The van der Waals surface area contributed by atoms with Gasteiger partial charge in [-0.3, -0.25) is 4.89 Å². The Morgan fingerprint density at radius 3 is 2.48 bits per heavy atom. The molecule has 1 N–H and O–H groups in total. The van der Waals surface area contributed by atoms with Gasteiger partial charge in [-0.1, -0.05) is 38.1 Å². The van der Waals surface area contributed by atoms with Crippen LogP contribution in [0.25, 0.3) is 0 Å². The van der Waals surface area contributed by atoms with Gasteiger partial charge in [0, 0.05) is 16.5 Å². The van der Waals surface area contributed by atoms with Gasteiger partial charge in [-0.15, -0.1) is 0 Å². The zero-order chi connectivity index (χ0) is 16.2. The Morgan fingerprint density at radius 1 is 1.13 bits per heavy atom. The van der Waals surface area contributed by atoms with E-state index < -0.39 is 7.82 Å². The molecule has 2 aliphatic rings. The van der Waals surface area contributed by atoms with Gasteiger partial charge >= 0.3 is 7.82 Å². The van der Waals surface area contributed by atoms with Crippen LogP contribution in [0.5, 0.6) is 11.5 Å². The molecule has 0 saturated carbocycles. The van der Waals surface area contributed by atoms with Crippen molar-refractivity contribution in [1.82, 2.24) is 0 Å². The molecule has 2 atom stereocenters. The quantitative estimate of drug-likeness (QED) is 0.789. The van der Waals surface area contributed by atoms with Gasteiger partial charge in [0.2, 0.25) is 0 Å². The van der Waals surface area contributed by atoms with Crippen LogP contribution >= 0.6 is 7.82 Å². The van der Waals surface area contributed by atoms with Crippen molar-refractivity contribution >= 4 is 7.82 Å². The number of phosphoric ester groups is 1. The highest BCUT2D eigenvalue weighted by atomic mass is 31.2. The summed E-state index contributed by atoms with van der Waals surface area (Å²) in [5.74, 6) is 0.921. The molecule has 1 aliphatic carbocycles. The fourth-order valence-electron chi connectivity index (χ4n) is 4.09. The normalized spacial score (nSPS) is 28.0. The summed E-state index contributed by atoms with van der Waals surface area (Å²) >= 11 is 0. The van der Waals surface area contributed by atoms with E-state index in [0.29, 0.717) is 11.5 Å². The Hall–Kier alpha value is -1.77. The third kappa shape index (κ3) is 2.13. The highest BCUT2D eigenvalue weighted by molar-refractivity contribution is 7.48. The molecule has 1 heterocycles. The first-order chi connectivity index (χ1) is 10.9. The zero-order valence-electron chi connectivity index (χ0n) is 13.2. The number of hydrogen-bond donors (Lipinski definition) is 1. The Morgan fingerprint density at radius 2 is 1.78 bits per heavy atom. The summed E-state index contributed by atoms with van der Waals surface area (Å²) in [5.41, 5.74) is 4.11. The van der Waals surface area contributed by atoms with Gasteiger partial charge in [-0.2, -0.15) is 0 Å². The van der Waals surface area contributed by atoms with E-state index in [1.54, 1.807) is 12.1 Å². The molecule has 23 heavy (non-hydrogen) atoms. The molecule has 4 nitrogen and oxygen atoms in total. The maximum atomic E-state index is 12.4. The van der Waals surface area contributed by atoms with E-state index in [1.807, 2.05) is 12.1 Å². The first kappa shape index (κ1) is 14.8. The summed E-state index contributed by atoms with van der Waals surface area (Å²) in [4.78, 5) is 10.1. The molecule has 0 fully saturated rings. The topological polar surface area (TPSA) is 55.8 Å². The molecule has 0 saturated heterocycles. The van der Waals surface area contributed by atoms with Crippen LogP contribution in [0.2, 0.25) is 0 Å². The van der Waals surface area contributed by atoms with Crippen LogP contribution in [-0.2, 0) is 22.8 Å². The number of aryl methyl sites for hydroxylation is 2. The Bertz CT molecular complexity index is 845. The molecule has 4 rings (SSSR count). The zero-order valence-corrected chi connectivity index (χ0v) is 14.1. The molecule has 1 unspecified atom stereocenters.